The number of nitrogens with zero attached hydrogens (tertiary/aromatic N) is 2. The average molecular weight is 781 g/mol. The first-order valence-corrected chi connectivity index (χ1v) is 19.3. The van der Waals surface area contributed by atoms with Crippen molar-refractivity contribution in [1.82, 2.24) is 4.90 Å². The molecule has 1 heterocycles. The number of oxime groups is 1. The maximum absolute atomic E-state index is 13.8. The van der Waals surface area contributed by atoms with E-state index in [1.165, 1.54) is 21.3 Å². The topological polar surface area (TPSA) is 175 Å². The van der Waals surface area contributed by atoms with Gasteiger partial charge in [0.15, 0.2) is 6.29 Å². The largest absolute Gasteiger partial charge is 0.496 e. The van der Waals surface area contributed by atoms with Crippen LogP contribution < -0.4 is 14.2 Å². The zero-order valence-electron chi connectivity index (χ0n) is 32.6. The highest BCUT2D eigenvalue weighted by atomic mass is 16.7. The molecule has 3 N–H and O–H groups in total. The molecule has 14 heteroatoms. The van der Waals surface area contributed by atoms with Gasteiger partial charge in [-0.15, -0.1) is 6.58 Å². The van der Waals surface area contributed by atoms with Gasteiger partial charge in [0, 0.05) is 37.7 Å². The molecule has 0 radical (unpaired) electrons. The standard InChI is InChI=1S/C42H56N2O12/c1-5-20-54-42-38(44(41(49)51-3)16-21-53-22-19-47)26-35(43-52-4)33-24-28(10-6-8-17-45)32(11-7-9-18-46)39(40(33)42)34-25-31(13-15-37(34)56-42)55-30-12-14-36(50-2)29(23-30)27-48/h5,12-15,23-25,27-28,32,38-40,45-47H,1,6-11,16-22,26H2,2-4H3. The number of carbonyl (C=O) groups excluding carboxylic acids is 2. The van der Waals surface area contributed by atoms with E-state index in [0.717, 1.165) is 36.8 Å². The normalized spacial score (nSPS) is 24.2. The number of amides is 1. The summed E-state index contributed by atoms with van der Waals surface area (Å²) in [6.45, 7) is 4.33. The van der Waals surface area contributed by atoms with Gasteiger partial charge < -0.3 is 48.6 Å². The number of methoxy groups -OCH3 is 2. The molecule has 0 saturated heterocycles. The first kappa shape index (κ1) is 42.7. The highest BCUT2D eigenvalue weighted by molar-refractivity contribution is 6.03. The summed E-state index contributed by atoms with van der Waals surface area (Å²) in [6, 6.07) is 9.84. The molecule has 1 amide bonds. The van der Waals surface area contributed by atoms with E-state index in [0.29, 0.717) is 53.4 Å². The number of carbonyl (C=O) groups is 2. The van der Waals surface area contributed by atoms with Crippen molar-refractivity contribution in [3.8, 4) is 23.0 Å². The maximum atomic E-state index is 13.8. The SMILES string of the molecule is C=CCOC12Oc3ccc(Oc4ccc(OC)c(C=O)c4)cc3C3C(CCCCO)C(CCCCO)C=C(C(=NOC)CC1N(CCOCCO)C(=O)OC)C32. The van der Waals surface area contributed by atoms with Crippen LogP contribution >= 0.6 is 0 Å². The predicted octanol–water partition coefficient (Wildman–Crippen LogP) is 5.64. The first-order chi connectivity index (χ1) is 27.3. The Balaban J connectivity index is 1.74. The number of benzene rings is 2. The van der Waals surface area contributed by atoms with Crippen LogP contribution in [-0.2, 0) is 19.0 Å². The zero-order chi connectivity index (χ0) is 40.1. The number of fused-ring (bicyclic) bond motifs is 2. The lowest BCUT2D eigenvalue weighted by Gasteiger charge is -2.59. The van der Waals surface area contributed by atoms with Crippen molar-refractivity contribution >= 4 is 18.1 Å². The summed E-state index contributed by atoms with van der Waals surface area (Å²) < 4.78 is 36.7. The quantitative estimate of drug-likeness (QED) is 0.0582. The second kappa shape index (κ2) is 20.6. The van der Waals surface area contributed by atoms with Crippen LogP contribution in [0.4, 0.5) is 4.79 Å². The predicted molar refractivity (Wildman–Crippen MR) is 207 cm³/mol. The summed E-state index contributed by atoms with van der Waals surface area (Å²) in [6.07, 6.45) is 8.58. The van der Waals surface area contributed by atoms with E-state index >= 15 is 0 Å². The first-order valence-electron chi connectivity index (χ1n) is 19.3. The molecular formula is C42H56N2O12. The smallest absolute Gasteiger partial charge is 0.410 e. The van der Waals surface area contributed by atoms with Gasteiger partial charge in [0.2, 0.25) is 5.79 Å². The number of rotatable bonds is 22. The number of allylic oxidation sites excluding steroid dienone is 1. The Morgan fingerprint density at radius 3 is 2.43 bits per heavy atom. The number of hydrogen-bond donors (Lipinski definition) is 3. The van der Waals surface area contributed by atoms with Crippen molar-refractivity contribution in [2.45, 2.75) is 62.7 Å². The summed E-state index contributed by atoms with van der Waals surface area (Å²) in [4.78, 5) is 32.6. The second-order valence-electron chi connectivity index (χ2n) is 14.1. The summed E-state index contributed by atoms with van der Waals surface area (Å²) in [5, 5.41) is 33.6. The van der Waals surface area contributed by atoms with Gasteiger partial charge in [0.05, 0.1) is 57.8 Å². The van der Waals surface area contributed by atoms with E-state index < -0.39 is 23.8 Å². The monoisotopic (exact) mass is 780 g/mol. The van der Waals surface area contributed by atoms with Gasteiger partial charge >= 0.3 is 6.09 Å². The fourth-order valence-corrected chi connectivity index (χ4v) is 8.65. The van der Waals surface area contributed by atoms with Crippen LogP contribution in [0.25, 0.3) is 0 Å². The molecule has 0 aromatic heterocycles. The van der Waals surface area contributed by atoms with Crippen LogP contribution in [0.15, 0.2) is 65.9 Å². The second-order valence-corrected chi connectivity index (χ2v) is 14.1. The average Bonchev–Trinajstić information content (AvgIpc) is 3.21. The Morgan fingerprint density at radius 1 is 1.00 bits per heavy atom. The Labute approximate surface area is 328 Å². The van der Waals surface area contributed by atoms with Gasteiger partial charge in [-0.25, -0.2) is 4.79 Å². The molecular weight excluding hydrogens is 724 g/mol. The Morgan fingerprint density at radius 2 is 1.75 bits per heavy atom. The van der Waals surface area contributed by atoms with Gasteiger partial charge in [0.1, 0.15) is 36.1 Å². The van der Waals surface area contributed by atoms with E-state index in [-0.39, 0.29) is 70.4 Å². The highest BCUT2D eigenvalue weighted by Gasteiger charge is 2.65. The number of hydrogen-bond acceptors (Lipinski definition) is 13. The molecule has 2 aromatic rings. The fraction of sp³-hybridized carbons (Fsp3) is 0.548. The number of aliphatic hydroxyl groups excluding tert-OH is 3. The molecule has 3 aliphatic rings. The van der Waals surface area contributed by atoms with E-state index in [1.54, 1.807) is 35.2 Å². The number of aldehydes is 1. The van der Waals surface area contributed by atoms with Gasteiger partial charge in [-0.2, -0.15) is 0 Å². The minimum Gasteiger partial charge on any atom is -0.496 e. The Bertz CT molecular complexity index is 1700. The summed E-state index contributed by atoms with van der Waals surface area (Å²) in [7, 11) is 4.30. The summed E-state index contributed by atoms with van der Waals surface area (Å²) in [5.74, 6) is -0.283. The lowest BCUT2D eigenvalue weighted by molar-refractivity contribution is -0.255. The van der Waals surface area contributed by atoms with E-state index in [4.69, 9.17) is 33.3 Å². The third-order valence-corrected chi connectivity index (χ3v) is 10.9. The van der Waals surface area contributed by atoms with Crippen LogP contribution in [0.2, 0.25) is 0 Å². The molecule has 1 fully saturated rings. The third kappa shape index (κ3) is 9.21. The van der Waals surface area contributed by atoms with Crippen molar-refractivity contribution in [3.05, 3.63) is 71.8 Å². The van der Waals surface area contributed by atoms with Crippen molar-refractivity contribution in [3.63, 3.8) is 0 Å². The molecule has 6 atom stereocenters. The van der Waals surface area contributed by atoms with Gasteiger partial charge in [-0.05, 0) is 79.5 Å². The minimum atomic E-state index is -1.47. The van der Waals surface area contributed by atoms with Gasteiger partial charge in [0.25, 0.3) is 0 Å². The molecule has 2 aliphatic carbocycles. The summed E-state index contributed by atoms with van der Waals surface area (Å²) >= 11 is 0. The molecule has 2 aromatic carbocycles. The van der Waals surface area contributed by atoms with Gasteiger partial charge in [-0.1, -0.05) is 30.1 Å². The van der Waals surface area contributed by atoms with E-state index in [9.17, 15) is 24.9 Å². The molecule has 14 nitrogen and oxygen atoms in total. The Hall–Kier alpha value is -4.47. The van der Waals surface area contributed by atoms with Crippen molar-refractivity contribution in [1.29, 1.82) is 0 Å². The summed E-state index contributed by atoms with van der Waals surface area (Å²) in [5.41, 5.74) is 2.74. The number of unbranched alkanes of at least 4 members (excludes halogenated alkanes) is 2. The highest BCUT2D eigenvalue weighted by Crippen LogP contribution is 2.62. The van der Waals surface area contributed by atoms with Crippen LogP contribution in [0.5, 0.6) is 23.0 Å². The minimum absolute atomic E-state index is 0.00302. The van der Waals surface area contributed by atoms with Crippen LogP contribution in [0.3, 0.4) is 0 Å². The lowest BCUT2D eigenvalue weighted by atomic mass is 9.55. The molecule has 0 bridgehead atoms. The van der Waals surface area contributed by atoms with Crippen LogP contribution in [0.1, 0.15) is 66.8 Å². The number of aliphatic hydroxyl groups is 3. The lowest BCUT2D eigenvalue weighted by Crippen LogP contribution is -2.70. The fourth-order valence-electron chi connectivity index (χ4n) is 8.65. The van der Waals surface area contributed by atoms with E-state index in [2.05, 4.69) is 17.8 Å². The van der Waals surface area contributed by atoms with Crippen LogP contribution in [0, 0.1) is 17.8 Å². The maximum Gasteiger partial charge on any atom is 0.410 e. The molecule has 306 valence electrons. The third-order valence-electron chi connectivity index (χ3n) is 10.9. The van der Waals surface area contributed by atoms with Crippen molar-refractivity contribution in [2.24, 2.45) is 22.9 Å². The molecule has 5 rings (SSSR count). The Kier molecular flexibility index (Phi) is 15.7. The molecule has 1 saturated carbocycles. The van der Waals surface area contributed by atoms with Crippen LogP contribution in [-0.4, -0.2) is 118 Å². The molecule has 0 spiro atoms. The van der Waals surface area contributed by atoms with E-state index in [1.807, 2.05) is 12.1 Å². The van der Waals surface area contributed by atoms with Gasteiger partial charge in [-0.3, -0.25) is 9.69 Å². The zero-order valence-corrected chi connectivity index (χ0v) is 32.6. The molecule has 1 aliphatic heterocycles. The molecule has 56 heavy (non-hydrogen) atoms. The van der Waals surface area contributed by atoms with Crippen molar-refractivity contribution in [2.75, 3.05) is 67.5 Å². The van der Waals surface area contributed by atoms with Crippen molar-refractivity contribution < 1.29 is 58.2 Å². The molecule has 6 unspecified atom stereocenters. The number of ether oxygens (including phenoxy) is 6.